The highest BCUT2D eigenvalue weighted by molar-refractivity contribution is 5.70. The highest BCUT2D eigenvalue weighted by atomic mass is 14.9. The van der Waals surface area contributed by atoms with Gasteiger partial charge < -0.3 is 11.1 Å². The Kier molecular flexibility index (Phi) is 3.84. The lowest BCUT2D eigenvalue weighted by atomic mass is 10.0. The van der Waals surface area contributed by atoms with E-state index in [1.165, 1.54) is 22.3 Å². The fourth-order valence-corrected chi connectivity index (χ4v) is 2.46. The smallest absolute Gasteiger partial charge is 0.0416 e. The minimum Gasteiger partial charge on any atom is -0.399 e. The number of nitrogens with two attached hydrogens (primary N) is 1. The molecule has 22 heavy (non-hydrogen) atoms. The quantitative estimate of drug-likeness (QED) is 0.642. The molecule has 0 saturated heterocycles. The second-order valence-corrected chi connectivity index (χ2v) is 5.57. The summed E-state index contributed by atoms with van der Waals surface area (Å²) in [6, 6.07) is 22.7. The van der Waals surface area contributed by atoms with Gasteiger partial charge in [-0.3, -0.25) is 0 Å². The van der Waals surface area contributed by atoms with Crippen molar-refractivity contribution in [3.05, 3.63) is 77.9 Å². The molecule has 0 bridgehead atoms. The van der Waals surface area contributed by atoms with Crippen molar-refractivity contribution >= 4 is 17.1 Å². The molecule has 0 unspecified atom stereocenters. The highest BCUT2D eigenvalue weighted by Crippen LogP contribution is 2.26. The Bertz CT molecular complexity index is 772. The Balaban J connectivity index is 1.82. The molecule has 0 radical (unpaired) electrons. The van der Waals surface area contributed by atoms with Crippen molar-refractivity contribution in [1.82, 2.24) is 0 Å². The summed E-state index contributed by atoms with van der Waals surface area (Å²) in [5, 5.41) is 3.48. The summed E-state index contributed by atoms with van der Waals surface area (Å²) in [7, 11) is 0. The number of aryl methyl sites for hydroxylation is 1. The standard InChI is InChI=1S/C20H20N2/c1-14-4-3-5-20(15(14)2)22-19-12-8-17(9-13-19)16-6-10-18(21)11-7-16/h3-13,22H,21H2,1-2H3. The molecular weight excluding hydrogens is 268 g/mol. The predicted molar refractivity (Wildman–Crippen MR) is 95.5 cm³/mol. The minimum absolute atomic E-state index is 0.789. The fourth-order valence-electron chi connectivity index (χ4n) is 2.46. The number of anilines is 3. The molecule has 0 saturated carbocycles. The monoisotopic (exact) mass is 288 g/mol. The molecule has 0 amide bonds. The van der Waals surface area contributed by atoms with Crippen molar-refractivity contribution < 1.29 is 0 Å². The first-order valence-electron chi connectivity index (χ1n) is 7.43. The summed E-state index contributed by atoms with van der Waals surface area (Å²) >= 11 is 0. The van der Waals surface area contributed by atoms with Crippen LogP contribution in [0.4, 0.5) is 17.1 Å². The largest absolute Gasteiger partial charge is 0.399 e. The van der Waals surface area contributed by atoms with Gasteiger partial charge in [-0.05, 0) is 66.4 Å². The van der Waals surface area contributed by atoms with Gasteiger partial charge in [0.15, 0.2) is 0 Å². The molecule has 0 aliphatic carbocycles. The van der Waals surface area contributed by atoms with Gasteiger partial charge in [-0.1, -0.05) is 36.4 Å². The molecule has 3 aromatic carbocycles. The van der Waals surface area contributed by atoms with E-state index < -0.39 is 0 Å². The van der Waals surface area contributed by atoms with Crippen LogP contribution < -0.4 is 11.1 Å². The highest BCUT2D eigenvalue weighted by Gasteiger charge is 2.02. The van der Waals surface area contributed by atoms with Crippen molar-refractivity contribution in [1.29, 1.82) is 0 Å². The van der Waals surface area contributed by atoms with Crippen molar-refractivity contribution in [3.63, 3.8) is 0 Å². The SMILES string of the molecule is Cc1cccc(Nc2ccc(-c3ccc(N)cc3)cc2)c1C. The van der Waals surface area contributed by atoms with Gasteiger partial charge in [0.05, 0.1) is 0 Å². The van der Waals surface area contributed by atoms with Crippen molar-refractivity contribution in [2.45, 2.75) is 13.8 Å². The zero-order valence-corrected chi connectivity index (χ0v) is 12.9. The van der Waals surface area contributed by atoms with Crippen LogP contribution in [0.15, 0.2) is 66.7 Å². The zero-order chi connectivity index (χ0) is 15.5. The van der Waals surface area contributed by atoms with E-state index in [9.17, 15) is 0 Å². The molecule has 0 fully saturated rings. The Morgan fingerprint density at radius 2 is 1.32 bits per heavy atom. The van der Waals surface area contributed by atoms with Crippen LogP contribution in [0.25, 0.3) is 11.1 Å². The van der Waals surface area contributed by atoms with E-state index in [0.29, 0.717) is 0 Å². The molecule has 3 aromatic rings. The van der Waals surface area contributed by atoms with E-state index in [4.69, 9.17) is 5.73 Å². The molecule has 2 nitrogen and oxygen atoms in total. The summed E-state index contributed by atoms with van der Waals surface area (Å²) in [5.74, 6) is 0. The Morgan fingerprint density at radius 1 is 0.727 bits per heavy atom. The number of nitrogen functional groups attached to an aromatic ring is 1. The van der Waals surface area contributed by atoms with Crippen LogP contribution in [-0.4, -0.2) is 0 Å². The maximum atomic E-state index is 5.73. The van der Waals surface area contributed by atoms with Crippen LogP contribution in [0, 0.1) is 13.8 Å². The maximum absolute atomic E-state index is 5.73. The van der Waals surface area contributed by atoms with E-state index in [0.717, 1.165) is 17.1 Å². The Labute approximate surface area is 131 Å². The lowest BCUT2D eigenvalue weighted by Crippen LogP contribution is -1.94. The fraction of sp³-hybridized carbons (Fsp3) is 0.100. The van der Waals surface area contributed by atoms with Gasteiger partial charge in [-0.2, -0.15) is 0 Å². The zero-order valence-electron chi connectivity index (χ0n) is 12.9. The van der Waals surface area contributed by atoms with Gasteiger partial charge in [-0.25, -0.2) is 0 Å². The first-order chi connectivity index (χ1) is 10.6. The third-order valence-corrected chi connectivity index (χ3v) is 4.01. The van der Waals surface area contributed by atoms with Gasteiger partial charge >= 0.3 is 0 Å². The summed E-state index contributed by atoms with van der Waals surface area (Å²) in [5.41, 5.74) is 13.7. The van der Waals surface area contributed by atoms with Crippen LogP contribution in [-0.2, 0) is 0 Å². The first-order valence-corrected chi connectivity index (χ1v) is 7.43. The van der Waals surface area contributed by atoms with Crippen LogP contribution in [0.1, 0.15) is 11.1 Å². The van der Waals surface area contributed by atoms with E-state index in [2.05, 4.69) is 61.6 Å². The molecule has 3 N–H and O–H groups in total. The minimum atomic E-state index is 0.789. The molecule has 0 heterocycles. The average molecular weight is 288 g/mol. The van der Waals surface area contributed by atoms with Gasteiger partial charge in [0.25, 0.3) is 0 Å². The molecule has 0 atom stereocenters. The summed E-state index contributed by atoms with van der Waals surface area (Å²) in [6.07, 6.45) is 0. The molecule has 110 valence electrons. The van der Waals surface area contributed by atoms with Gasteiger partial charge in [-0.15, -0.1) is 0 Å². The van der Waals surface area contributed by atoms with Gasteiger partial charge in [0.1, 0.15) is 0 Å². The molecule has 3 rings (SSSR count). The molecule has 0 spiro atoms. The first kappa shape index (κ1) is 14.2. The lowest BCUT2D eigenvalue weighted by molar-refractivity contribution is 1.33. The predicted octanol–water partition coefficient (Wildman–Crippen LogP) is 5.30. The van der Waals surface area contributed by atoms with Crippen LogP contribution in [0.5, 0.6) is 0 Å². The van der Waals surface area contributed by atoms with Gasteiger partial charge in [0.2, 0.25) is 0 Å². The van der Waals surface area contributed by atoms with Crippen LogP contribution in [0.3, 0.4) is 0 Å². The van der Waals surface area contributed by atoms with Crippen molar-refractivity contribution in [3.8, 4) is 11.1 Å². The molecular formula is C20H20N2. The van der Waals surface area contributed by atoms with Gasteiger partial charge in [0, 0.05) is 17.1 Å². The number of hydrogen-bond donors (Lipinski definition) is 2. The van der Waals surface area contributed by atoms with Crippen molar-refractivity contribution in [2.24, 2.45) is 0 Å². The maximum Gasteiger partial charge on any atom is 0.0416 e. The third-order valence-electron chi connectivity index (χ3n) is 4.01. The molecule has 0 aliphatic heterocycles. The second-order valence-electron chi connectivity index (χ2n) is 5.57. The van der Waals surface area contributed by atoms with Crippen LogP contribution >= 0.6 is 0 Å². The Hall–Kier alpha value is -2.74. The van der Waals surface area contributed by atoms with E-state index in [1.54, 1.807) is 0 Å². The summed E-state index contributed by atoms with van der Waals surface area (Å²) in [4.78, 5) is 0. The number of hydrogen-bond acceptors (Lipinski definition) is 2. The second kappa shape index (κ2) is 5.94. The average Bonchev–Trinajstić information content (AvgIpc) is 2.53. The molecule has 0 aromatic heterocycles. The van der Waals surface area contributed by atoms with E-state index in [-0.39, 0.29) is 0 Å². The van der Waals surface area contributed by atoms with Crippen LogP contribution in [0.2, 0.25) is 0 Å². The number of benzene rings is 3. The van der Waals surface area contributed by atoms with Crippen molar-refractivity contribution in [2.75, 3.05) is 11.1 Å². The topological polar surface area (TPSA) is 38.0 Å². The summed E-state index contributed by atoms with van der Waals surface area (Å²) < 4.78 is 0. The number of nitrogens with one attached hydrogen (secondary N) is 1. The lowest BCUT2D eigenvalue weighted by Gasteiger charge is -2.12. The summed E-state index contributed by atoms with van der Waals surface area (Å²) in [6.45, 7) is 4.27. The third kappa shape index (κ3) is 2.96. The van der Waals surface area contributed by atoms with E-state index in [1.807, 2.05) is 24.3 Å². The van der Waals surface area contributed by atoms with E-state index >= 15 is 0 Å². The number of rotatable bonds is 3. The molecule has 0 aliphatic rings. The Morgan fingerprint density at radius 3 is 1.95 bits per heavy atom. The molecule has 2 heteroatoms. The normalized spacial score (nSPS) is 10.5.